The Hall–Kier alpha value is -6.16. The topological polar surface area (TPSA) is 0 Å². The quantitative estimate of drug-likeness (QED) is 0.106. The summed E-state index contributed by atoms with van der Waals surface area (Å²) < 4.78 is 0. The zero-order valence-electron chi connectivity index (χ0n) is 27.2. The predicted molar refractivity (Wildman–Crippen MR) is 209 cm³/mol. The van der Waals surface area contributed by atoms with Crippen molar-refractivity contribution in [2.45, 2.75) is 13.8 Å². The molecule has 0 nitrogen and oxygen atoms in total. The maximum atomic E-state index is 3.42. The molecule has 0 aliphatic carbocycles. The summed E-state index contributed by atoms with van der Waals surface area (Å²) in [5.74, 6) is 6.84. The molecule has 0 aromatic heterocycles. The van der Waals surface area contributed by atoms with Crippen LogP contribution in [0.4, 0.5) is 0 Å². The van der Waals surface area contributed by atoms with Crippen LogP contribution in [0.3, 0.4) is 0 Å². The highest BCUT2D eigenvalue weighted by Gasteiger charge is 2.03. The molecule has 0 fully saturated rings. The van der Waals surface area contributed by atoms with E-state index in [4.69, 9.17) is 0 Å². The minimum absolute atomic E-state index is 1.02. The van der Waals surface area contributed by atoms with E-state index in [-0.39, 0.29) is 0 Å². The second-order valence-corrected chi connectivity index (χ2v) is 12.8. The van der Waals surface area contributed by atoms with Gasteiger partial charge < -0.3 is 0 Å². The number of aryl methyl sites for hydroxylation is 2. The van der Waals surface area contributed by atoms with Gasteiger partial charge in [0.25, 0.3) is 0 Å². The number of fused-ring (bicyclic) bond motifs is 4. The standard InChI is InChI=1S/C48H34/c1-33-3-7-35(8-4-33)11-13-37-17-21-41-31-47-27-39(19-23-43(47)29-45(41)25-37)15-16-40-20-24-44-30-46-26-38(18-22-42(46)32-48(44)28-40)14-12-36-9-5-34(2)6-10-36/h3-14,17-32H,1-2H3/b13-11+,14-12+. The van der Waals surface area contributed by atoms with E-state index in [1.165, 1.54) is 76.5 Å². The molecule has 0 radical (unpaired) electrons. The van der Waals surface area contributed by atoms with Gasteiger partial charge >= 0.3 is 0 Å². The van der Waals surface area contributed by atoms with E-state index >= 15 is 0 Å². The van der Waals surface area contributed by atoms with Crippen LogP contribution >= 0.6 is 0 Å². The molecule has 0 aliphatic heterocycles. The fourth-order valence-electron chi connectivity index (χ4n) is 6.28. The third-order valence-corrected chi connectivity index (χ3v) is 9.08. The summed E-state index contributed by atoms with van der Waals surface area (Å²) >= 11 is 0. The first-order chi connectivity index (χ1) is 23.5. The molecule has 8 aromatic rings. The molecule has 226 valence electrons. The maximum Gasteiger partial charge on any atom is 0.0255 e. The van der Waals surface area contributed by atoms with Crippen molar-refractivity contribution in [3.8, 4) is 11.8 Å². The third-order valence-electron chi connectivity index (χ3n) is 9.08. The average Bonchev–Trinajstić information content (AvgIpc) is 3.11. The van der Waals surface area contributed by atoms with Gasteiger partial charge in [-0.3, -0.25) is 0 Å². The molecule has 0 atom stereocenters. The van der Waals surface area contributed by atoms with Crippen molar-refractivity contribution in [2.75, 3.05) is 0 Å². The summed E-state index contributed by atoms with van der Waals surface area (Å²) in [4.78, 5) is 0. The van der Waals surface area contributed by atoms with Crippen molar-refractivity contribution >= 4 is 67.4 Å². The van der Waals surface area contributed by atoms with Crippen LogP contribution in [0, 0.1) is 25.7 Å². The number of hydrogen-bond acceptors (Lipinski definition) is 0. The highest BCUT2D eigenvalue weighted by atomic mass is 14.1. The lowest BCUT2D eigenvalue weighted by Crippen LogP contribution is -1.82. The molecule has 0 amide bonds. The zero-order valence-corrected chi connectivity index (χ0v) is 27.2. The average molecular weight is 611 g/mol. The SMILES string of the molecule is Cc1ccc(/C=C/c2ccc3cc4cc(C#Cc5ccc6cc7cc(/C=C/c8ccc(C)cc8)ccc7cc6c5)ccc4cc3c2)cc1. The molecule has 0 heterocycles. The van der Waals surface area contributed by atoms with Gasteiger partial charge in [-0.25, -0.2) is 0 Å². The lowest BCUT2D eigenvalue weighted by molar-refractivity contribution is 1.46. The van der Waals surface area contributed by atoms with Crippen molar-refractivity contribution in [1.29, 1.82) is 0 Å². The van der Waals surface area contributed by atoms with E-state index in [9.17, 15) is 0 Å². The summed E-state index contributed by atoms with van der Waals surface area (Å²) in [6.45, 7) is 4.23. The van der Waals surface area contributed by atoms with Crippen LogP contribution in [-0.4, -0.2) is 0 Å². The normalized spacial score (nSPS) is 11.6. The largest absolute Gasteiger partial charge is 0.0616 e. The molecule has 0 N–H and O–H groups in total. The monoisotopic (exact) mass is 610 g/mol. The van der Waals surface area contributed by atoms with Crippen LogP contribution < -0.4 is 0 Å². The number of rotatable bonds is 4. The van der Waals surface area contributed by atoms with Gasteiger partial charge in [0.05, 0.1) is 0 Å². The molecule has 0 saturated heterocycles. The molecular formula is C48H34. The van der Waals surface area contributed by atoms with Gasteiger partial charge in [-0.05, 0) is 140 Å². The Morgan fingerprint density at radius 1 is 0.292 bits per heavy atom. The maximum absolute atomic E-state index is 3.42. The number of hydrogen-bond donors (Lipinski definition) is 0. The van der Waals surface area contributed by atoms with Crippen LogP contribution in [0.25, 0.3) is 67.4 Å². The van der Waals surface area contributed by atoms with E-state index in [1.807, 2.05) is 0 Å². The van der Waals surface area contributed by atoms with Crippen molar-refractivity contribution in [1.82, 2.24) is 0 Å². The van der Waals surface area contributed by atoms with E-state index in [2.05, 4.69) is 196 Å². The van der Waals surface area contributed by atoms with Gasteiger partial charge in [0, 0.05) is 11.1 Å². The highest BCUT2D eigenvalue weighted by Crippen LogP contribution is 2.27. The molecular weight excluding hydrogens is 577 g/mol. The first kappa shape index (κ1) is 29.3. The lowest BCUT2D eigenvalue weighted by atomic mass is 9.99. The van der Waals surface area contributed by atoms with Gasteiger partial charge in [0.15, 0.2) is 0 Å². The van der Waals surface area contributed by atoms with Crippen molar-refractivity contribution in [2.24, 2.45) is 0 Å². The fourth-order valence-corrected chi connectivity index (χ4v) is 6.28. The van der Waals surface area contributed by atoms with E-state index in [0.717, 1.165) is 11.1 Å². The Labute approximate surface area is 282 Å². The Morgan fingerprint density at radius 3 is 1.00 bits per heavy atom. The Balaban J connectivity index is 1.02. The minimum atomic E-state index is 1.02. The fraction of sp³-hybridized carbons (Fsp3) is 0.0417. The molecule has 0 aliphatic rings. The van der Waals surface area contributed by atoms with Gasteiger partial charge in [0.1, 0.15) is 0 Å². The first-order valence-electron chi connectivity index (χ1n) is 16.5. The Morgan fingerprint density at radius 2 is 0.604 bits per heavy atom. The van der Waals surface area contributed by atoms with Crippen LogP contribution in [0.2, 0.25) is 0 Å². The summed E-state index contributed by atoms with van der Waals surface area (Å²) in [6.07, 6.45) is 8.72. The number of benzene rings is 8. The summed E-state index contributed by atoms with van der Waals surface area (Å²) in [5.41, 5.74) is 9.41. The van der Waals surface area contributed by atoms with Gasteiger partial charge in [-0.2, -0.15) is 0 Å². The smallest absolute Gasteiger partial charge is 0.0255 e. The highest BCUT2D eigenvalue weighted by molar-refractivity contribution is 6.01. The van der Waals surface area contributed by atoms with Crippen molar-refractivity contribution in [3.05, 3.63) is 190 Å². The Bertz CT molecular complexity index is 2420. The summed E-state index contributed by atoms with van der Waals surface area (Å²) in [7, 11) is 0. The molecule has 48 heavy (non-hydrogen) atoms. The van der Waals surface area contributed by atoms with Crippen LogP contribution in [0.15, 0.2) is 146 Å². The summed E-state index contributed by atoms with van der Waals surface area (Å²) in [5, 5.41) is 9.80. The molecule has 0 saturated carbocycles. The van der Waals surface area contributed by atoms with Crippen LogP contribution in [0.1, 0.15) is 44.5 Å². The molecule has 0 heteroatoms. The zero-order chi connectivity index (χ0) is 32.5. The minimum Gasteiger partial charge on any atom is -0.0616 e. The third kappa shape index (κ3) is 6.41. The van der Waals surface area contributed by atoms with Gasteiger partial charge in [0.2, 0.25) is 0 Å². The molecule has 8 aromatic carbocycles. The van der Waals surface area contributed by atoms with E-state index < -0.39 is 0 Å². The van der Waals surface area contributed by atoms with Gasteiger partial charge in [-0.15, -0.1) is 0 Å². The van der Waals surface area contributed by atoms with Gasteiger partial charge in [-0.1, -0.05) is 132 Å². The lowest BCUT2D eigenvalue weighted by Gasteiger charge is -2.05. The van der Waals surface area contributed by atoms with Crippen molar-refractivity contribution < 1.29 is 0 Å². The molecule has 0 unspecified atom stereocenters. The first-order valence-corrected chi connectivity index (χ1v) is 16.5. The molecule has 0 bridgehead atoms. The second kappa shape index (κ2) is 12.6. The van der Waals surface area contributed by atoms with Crippen LogP contribution in [0.5, 0.6) is 0 Å². The predicted octanol–water partition coefficient (Wildman–Crippen LogP) is 12.7. The van der Waals surface area contributed by atoms with E-state index in [0.29, 0.717) is 0 Å². The second-order valence-electron chi connectivity index (χ2n) is 12.8. The Kier molecular flexibility index (Phi) is 7.66. The summed E-state index contributed by atoms with van der Waals surface area (Å²) in [6, 6.07) is 52.7. The van der Waals surface area contributed by atoms with Crippen molar-refractivity contribution in [3.63, 3.8) is 0 Å². The van der Waals surface area contributed by atoms with Crippen LogP contribution in [-0.2, 0) is 0 Å². The van der Waals surface area contributed by atoms with E-state index in [1.54, 1.807) is 0 Å². The molecule has 0 spiro atoms. The molecule has 8 rings (SSSR count).